The smallest absolute Gasteiger partial charge is 0.316 e. The molecule has 23 heavy (non-hydrogen) atoms. The van der Waals surface area contributed by atoms with Crippen molar-refractivity contribution in [3.8, 4) is 5.75 Å². The average molecular weight is 353 g/mol. The molecular weight excluding hydrogens is 338 g/mol. The largest absolute Gasteiger partial charge is 0.484 e. The summed E-state index contributed by atoms with van der Waals surface area (Å²) in [7, 11) is 0. The Morgan fingerprint density at radius 3 is 2.78 bits per heavy atom. The molecule has 0 atom stereocenters. The van der Waals surface area contributed by atoms with Crippen molar-refractivity contribution in [3.05, 3.63) is 30.3 Å². The summed E-state index contributed by atoms with van der Waals surface area (Å²) in [5, 5.41) is 10.7. The molecule has 9 heteroatoms. The van der Waals surface area contributed by atoms with Crippen molar-refractivity contribution >= 4 is 40.1 Å². The van der Waals surface area contributed by atoms with Crippen LogP contribution in [0.15, 0.2) is 34.7 Å². The third kappa shape index (κ3) is 6.25. The van der Waals surface area contributed by atoms with E-state index in [-0.39, 0.29) is 24.2 Å². The van der Waals surface area contributed by atoms with Crippen molar-refractivity contribution in [3.63, 3.8) is 0 Å². The number of ether oxygens (including phenoxy) is 2. The van der Waals surface area contributed by atoms with Crippen LogP contribution in [0.25, 0.3) is 0 Å². The molecule has 122 valence electrons. The van der Waals surface area contributed by atoms with Gasteiger partial charge in [-0.3, -0.25) is 14.9 Å². The zero-order valence-electron chi connectivity index (χ0n) is 12.4. The number of carbonyl (C=O) groups excluding carboxylic acids is 2. The van der Waals surface area contributed by atoms with Crippen LogP contribution in [0.3, 0.4) is 0 Å². The molecule has 0 bridgehead atoms. The van der Waals surface area contributed by atoms with E-state index in [2.05, 4.69) is 15.5 Å². The average Bonchev–Trinajstić information content (AvgIpc) is 3.00. The molecule has 1 amide bonds. The van der Waals surface area contributed by atoms with E-state index in [9.17, 15) is 9.59 Å². The fourth-order valence-corrected chi connectivity index (χ4v) is 3.03. The number of para-hydroxylation sites is 1. The van der Waals surface area contributed by atoms with Gasteiger partial charge in [0.15, 0.2) is 10.9 Å². The molecule has 0 aliphatic carbocycles. The molecule has 1 heterocycles. The standard InChI is InChI=1S/C14H15N3O4S2/c1-2-20-12(19)9-22-14-17-16-13(23-14)15-11(18)8-21-10-6-4-3-5-7-10/h3-7H,2,8-9H2,1H3,(H,15,16,18). The maximum atomic E-state index is 11.8. The molecule has 0 saturated carbocycles. The predicted octanol–water partition coefficient (Wildman–Crippen LogP) is 2.21. The summed E-state index contributed by atoms with van der Waals surface area (Å²) >= 11 is 2.40. The number of hydrogen-bond donors (Lipinski definition) is 1. The highest BCUT2D eigenvalue weighted by atomic mass is 32.2. The van der Waals surface area contributed by atoms with Crippen LogP contribution in [0.1, 0.15) is 6.92 Å². The topological polar surface area (TPSA) is 90.4 Å². The minimum absolute atomic E-state index is 0.116. The SMILES string of the molecule is CCOC(=O)CSc1nnc(NC(=O)COc2ccccc2)s1. The van der Waals surface area contributed by atoms with Crippen molar-refractivity contribution in [1.29, 1.82) is 0 Å². The number of hydrogen-bond acceptors (Lipinski definition) is 8. The molecule has 7 nitrogen and oxygen atoms in total. The number of nitrogens with zero attached hydrogens (tertiary/aromatic N) is 2. The number of amides is 1. The second-order valence-corrected chi connectivity index (χ2v) is 6.32. The molecular formula is C14H15N3O4S2. The Balaban J connectivity index is 1.75. The molecule has 1 aromatic heterocycles. The molecule has 0 aliphatic heterocycles. The van der Waals surface area contributed by atoms with E-state index in [1.807, 2.05) is 18.2 Å². The van der Waals surface area contributed by atoms with Crippen LogP contribution in [-0.4, -0.2) is 41.0 Å². The molecule has 2 aromatic rings. The lowest BCUT2D eigenvalue weighted by molar-refractivity contribution is -0.139. The second-order valence-electron chi connectivity index (χ2n) is 4.12. The van der Waals surface area contributed by atoms with Gasteiger partial charge in [-0.1, -0.05) is 41.3 Å². The van der Waals surface area contributed by atoms with Gasteiger partial charge in [-0.15, -0.1) is 10.2 Å². The predicted molar refractivity (Wildman–Crippen MR) is 87.8 cm³/mol. The van der Waals surface area contributed by atoms with Gasteiger partial charge in [-0.25, -0.2) is 0 Å². The minimum atomic E-state index is -0.327. The lowest BCUT2D eigenvalue weighted by Crippen LogP contribution is -2.20. The second kappa shape index (κ2) is 9.11. The first-order valence-electron chi connectivity index (χ1n) is 6.77. The van der Waals surface area contributed by atoms with E-state index in [4.69, 9.17) is 9.47 Å². The number of esters is 1. The molecule has 0 spiro atoms. The molecule has 0 aliphatic rings. The quantitative estimate of drug-likeness (QED) is 0.442. The number of anilines is 1. The zero-order valence-corrected chi connectivity index (χ0v) is 14.0. The van der Waals surface area contributed by atoms with Crippen LogP contribution in [0.5, 0.6) is 5.75 Å². The van der Waals surface area contributed by atoms with Crippen molar-refractivity contribution in [1.82, 2.24) is 10.2 Å². The van der Waals surface area contributed by atoms with Gasteiger partial charge in [0.1, 0.15) is 5.75 Å². The Kier molecular flexibility index (Phi) is 6.82. The monoisotopic (exact) mass is 353 g/mol. The number of carbonyl (C=O) groups is 2. The summed E-state index contributed by atoms with van der Waals surface area (Å²) in [6.07, 6.45) is 0. The Hall–Kier alpha value is -2.13. The van der Waals surface area contributed by atoms with Crippen LogP contribution in [0.4, 0.5) is 5.13 Å². The van der Waals surface area contributed by atoms with Gasteiger partial charge in [-0.05, 0) is 19.1 Å². The van der Waals surface area contributed by atoms with Gasteiger partial charge < -0.3 is 9.47 Å². The molecule has 0 fully saturated rings. The first kappa shape index (κ1) is 17.2. The van der Waals surface area contributed by atoms with Crippen molar-refractivity contribution in [2.45, 2.75) is 11.3 Å². The lowest BCUT2D eigenvalue weighted by Gasteiger charge is -2.04. The van der Waals surface area contributed by atoms with E-state index in [1.54, 1.807) is 19.1 Å². The first-order valence-corrected chi connectivity index (χ1v) is 8.57. The number of nitrogens with one attached hydrogen (secondary N) is 1. The maximum absolute atomic E-state index is 11.8. The number of benzene rings is 1. The van der Waals surface area contributed by atoms with E-state index in [0.29, 0.717) is 21.8 Å². The van der Waals surface area contributed by atoms with Crippen LogP contribution >= 0.6 is 23.1 Å². The van der Waals surface area contributed by atoms with Crippen LogP contribution < -0.4 is 10.1 Å². The molecule has 0 saturated heterocycles. The van der Waals surface area contributed by atoms with Crippen LogP contribution in [0, 0.1) is 0 Å². The minimum Gasteiger partial charge on any atom is -0.484 e. The summed E-state index contributed by atoms with van der Waals surface area (Å²) in [5.41, 5.74) is 0. The normalized spacial score (nSPS) is 10.1. The summed E-state index contributed by atoms with van der Waals surface area (Å²) in [5.74, 6) is 0.139. The lowest BCUT2D eigenvalue weighted by atomic mass is 10.3. The highest BCUT2D eigenvalue weighted by Crippen LogP contribution is 2.25. The Morgan fingerprint density at radius 2 is 2.04 bits per heavy atom. The first-order chi connectivity index (χ1) is 11.2. The fourth-order valence-electron chi connectivity index (χ4n) is 1.46. The summed E-state index contributed by atoms with van der Waals surface area (Å²) in [6, 6.07) is 9.05. The molecule has 0 radical (unpaired) electrons. The Bertz CT molecular complexity index is 648. The van der Waals surface area contributed by atoms with Gasteiger partial charge in [0, 0.05) is 0 Å². The van der Waals surface area contributed by atoms with E-state index in [0.717, 1.165) is 0 Å². The Morgan fingerprint density at radius 1 is 1.26 bits per heavy atom. The van der Waals surface area contributed by atoms with E-state index in [1.165, 1.54) is 23.1 Å². The van der Waals surface area contributed by atoms with Gasteiger partial charge in [0.05, 0.1) is 12.4 Å². The summed E-state index contributed by atoms with van der Waals surface area (Å²) in [6.45, 7) is 1.98. The molecule has 1 aromatic carbocycles. The van der Waals surface area contributed by atoms with Gasteiger partial charge in [-0.2, -0.15) is 0 Å². The van der Waals surface area contributed by atoms with Crippen molar-refractivity contribution < 1.29 is 19.1 Å². The highest BCUT2D eigenvalue weighted by molar-refractivity contribution is 8.01. The summed E-state index contributed by atoms with van der Waals surface area (Å²) in [4.78, 5) is 23.0. The van der Waals surface area contributed by atoms with Crippen LogP contribution in [-0.2, 0) is 14.3 Å². The molecule has 0 unspecified atom stereocenters. The van der Waals surface area contributed by atoms with Gasteiger partial charge >= 0.3 is 5.97 Å². The number of thioether (sulfide) groups is 1. The van der Waals surface area contributed by atoms with E-state index < -0.39 is 0 Å². The molecule has 1 N–H and O–H groups in total. The zero-order chi connectivity index (χ0) is 16.5. The fraction of sp³-hybridized carbons (Fsp3) is 0.286. The van der Waals surface area contributed by atoms with E-state index >= 15 is 0 Å². The van der Waals surface area contributed by atoms with Gasteiger partial charge in [0.25, 0.3) is 5.91 Å². The third-order valence-electron chi connectivity index (χ3n) is 2.38. The molecule has 2 rings (SSSR count). The number of rotatable bonds is 8. The van der Waals surface area contributed by atoms with Crippen molar-refractivity contribution in [2.24, 2.45) is 0 Å². The van der Waals surface area contributed by atoms with Crippen LogP contribution in [0.2, 0.25) is 0 Å². The number of aromatic nitrogens is 2. The highest BCUT2D eigenvalue weighted by Gasteiger charge is 2.11. The Labute approximate surface area is 141 Å². The van der Waals surface area contributed by atoms with Gasteiger partial charge in [0.2, 0.25) is 5.13 Å². The maximum Gasteiger partial charge on any atom is 0.316 e. The van der Waals surface area contributed by atoms with Crippen molar-refractivity contribution in [2.75, 3.05) is 24.3 Å². The summed E-state index contributed by atoms with van der Waals surface area (Å²) < 4.78 is 10.7. The third-order valence-corrected chi connectivity index (χ3v) is 4.33.